The van der Waals surface area contributed by atoms with E-state index in [-0.39, 0.29) is 5.91 Å². The van der Waals surface area contributed by atoms with Gasteiger partial charge in [0.15, 0.2) is 5.96 Å². The lowest BCUT2D eigenvalue weighted by atomic mass is 10.2. The molecule has 0 spiro atoms. The minimum atomic E-state index is 0.201. The Bertz CT molecular complexity index is 554. The number of hydrogen-bond acceptors (Lipinski definition) is 2. The molecule has 0 aromatic heterocycles. The van der Waals surface area contributed by atoms with Gasteiger partial charge < -0.3 is 15.5 Å². The standard InChI is InChI=1S/C18H28N4O/c1-4-19-18(21-14(2)3)20-12-7-10-17(23)22-13-11-15-8-5-6-9-16(15)22/h5-6,8-9,14H,4,7,10-13H2,1-3H3,(H2,19,20,21). The predicted octanol–water partition coefficient (Wildman–Crippen LogP) is 2.32. The number of guanidine groups is 1. The first-order chi connectivity index (χ1) is 11.1. The molecule has 23 heavy (non-hydrogen) atoms. The Balaban J connectivity index is 1.81. The maximum absolute atomic E-state index is 12.4. The zero-order chi connectivity index (χ0) is 16.7. The third-order valence-corrected chi connectivity index (χ3v) is 3.78. The summed E-state index contributed by atoms with van der Waals surface area (Å²) >= 11 is 0. The van der Waals surface area contributed by atoms with Crippen LogP contribution in [-0.4, -0.2) is 37.5 Å². The SMILES string of the molecule is CCNC(=NCCCC(=O)N1CCc2ccccc21)NC(C)C. The average Bonchev–Trinajstić information content (AvgIpc) is 2.95. The topological polar surface area (TPSA) is 56.7 Å². The number of fused-ring (bicyclic) bond motifs is 1. The molecule has 2 N–H and O–H groups in total. The monoisotopic (exact) mass is 316 g/mol. The van der Waals surface area contributed by atoms with Crippen LogP contribution in [0.1, 0.15) is 39.2 Å². The second kappa shape index (κ2) is 8.56. The molecular weight excluding hydrogens is 288 g/mol. The molecule has 1 aliphatic rings. The van der Waals surface area contributed by atoms with E-state index < -0.39 is 0 Å². The summed E-state index contributed by atoms with van der Waals surface area (Å²) in [4.78, 5) is 18.8. The maximum atomic E-state index is 12.4. The van der Waals surface area contributed by atoms with Gasteiger partial charge in [-0.25, -0.2) is 0 Å². The van der Waals surface area contributed by atoms with Crippen LogP contribution in [0, 0.1) is 0 Å². The molecule has 2 rings (SSSR count). The van der Waals surface area contributed by atoms with Crippen molar-refractivity contribution in [1.82, 2.24) is 10.6 Å². The summed E-state index contributed by atoms with van der Waals surface area (Å²) in [6.07, 6.45) is 2.27. The molecule has 126 valence electrons. The molecule has 1 aromatic carbocycles. The van der Waals surface area contributed by atoms with Crippen LogP contribution in [0.2, 0.25) is 0 Å². The van der Waals surface area contributed by atoms with Gasteiger partial charge in [-0.05, 0) is 45.2 Å². The summed E-state index contributed by atoms with van der Waals surface area (Å²) in [5.41, 5.74) is 2.35. The zero-order valence-electron chi connectivity index (χ0n) is 14.4. The summed E-state index contributed by atoms with van der Waals surface area (Å²) in [7, 11) is 0. The van der Waals surface area contributed by atoms with E-state index in [4.69, 9.17) is 0 Å². The van der Waals surface area contributed by atoms with Crippen molar-refractivity contribution < 1.29 is 4.79 Å². The van der Waals surface area contributed by atoms with Gasteiger partial charge in [-0.1, -0.05) is 18.2 Å². The number of rotatable bonds is 6. The van der Waals surface area contributed by atoms with Crippen molar-refractivity contribution in [2.24, 2.45) is 4.99 Å². The van der Waals surface area contributed by atoms with Gasteiger partial charge in [0.1, 0.15) is 0 Å². The van der Waals surface area contributed by atoms with Crippen LogP contribution in [0.3, 0.4) is 0 Å². The highest BCUT2D eigenvalue weighted by Crippen LogP contribution is 2.27. The van der Waals surface area contributed by atoms with E-state index >= 15 is 0 Å². The number of nitrogens with one attached hydrogen (secondary N) is 2. The maximum Gasteiger partial charge on any atom is 0.227 e. The van der Waals surface area contributed by atoms with Gasteiger partial charge in [0.2, 0.25) is 5.91 Å². The summed E-state index contributed by atoms with van der Waals surface area (Å²) in [5.74, 6) is 1.02. The van der Waals surface area contributed by atoms with Crippen LogP contribution in [0.5, 0.6) is 0 Å². The molecule has 5 heteroatoms. The molecule has 1 aliphatic heterocycles. The van der Waals surface area contributed by atoms with E-state index in [1.807, 2.05) is 30.0 Å². The Kier molecular flexibility index (Phi) is 6.44. The fraction of sp³-hybridized carbons (Fsp3) is 0.556. The Hall–Kier alpha value is -2.04. The van der Waals surface area contributed by atoms with Crippen molar-refractivity contribution >= 4 is 17.6 Å². The van der Waals surface area contributed by atoms with Gasteiger partial charge in [-0.2, -0.15) is 0 Å². The Morgan fingerprint density at radius 1 is 1.35 bits per heavy atom. The average molecular weight is 316 g/mol. The molecular formula is C18H28N4O. The van der Waals surface area contributed by atoms with Gasteiger partial charge in [-0.15, -0.1) is 0 Å². The fourth-order valence-corrected chi connectivity index (χ4v) is 2.75. The van der Waals surface area contributed by atoms with Crippen molar-refractivity contribution in [1.29, 1.82) is 0 Å². The lowest BCUT2D eigenvalue weighted by Crippen LogP contribution is -2.41. The Morgan fingerprint density at radius 2 is 2.13 bits per heavy atom. The second-order valence-corrected chi connectivity index (χ2v) is 6.09. The zero-order valence-corrected chi connectivity index (χ0v) is 14.4. The van der Waals surface area contributed by atoms with Gasteiger partial charge in [0, 0.05) is 37.8 Å². The van der Waals surface area contributed by atoms with Crippen molar-refractivity contribution in [3.63, 3.8) is 0 Å². The first-order valence-corrected chi connectivity index (χ1v) is 8.55. The quantitative estimate of drug-likeness (QED) is 0.481. The van der Waals surface area contributed by atoms with Crippen molar-refractivity contribution in [2.75, 3.05) is 24.5 Å². The fourth-order valence-electron chi connectivity index (χ4n) is 2.75. The highest BCUT2D eigenvalue weighted by atomic mass is 16.2. The smallest absolute Gasteiger partial charge is 0.227 e. The van der Waals surface area contributed by atoms with Crippen LogP contribution >= 0.6 is 0 Å². The van der Waals surface area contributed by atoms with Crippen molar-refractivity contribution in [3.05, 3.63) is 29.8 Å². The lowest BCUT2D eigenvalue weighted by molar-refractivity contribution is -0.118. The first kappa shape index (κ1) is 17.3. The molecule has 0 aliphatic carbocycles. The number of nitrogens with zero attached hydrogens (tertiary/aromatic N) is 2. The normalized spacial score (nSPS) is 14.1. The van der Waals surface area contributed by atoms with Crippen LogP contribution in [0.15, 0.2) is 29.3 Å². The minimum Gasteiger partial charge on any atom is -0.357 e. The molecule has 0 atom stereocenters. The summed E-state index contributed by atoms with van der Waals surface area (Å²) in [6.45, 7) is 8.51. The third-order valence-electron chi connectivity index (χ3n) is 3.78. The molecule has 5 nitrogen and oxygen atoms in total. The highest BCUT2D eigenvalue weighted by Gasteiger charge is 2.23. The number of anilines is 1. The van der Waals surface area contributed by atoms with Crippen molar-refractivity contribution in [2.45, 2.75) is 46.1 Å². The van der Waals surface area contributed by atoms with Gasteiger partial charge in [-0.3, -0.25) is 9.79 Å². The molecule has 1 aromatic rings. The van der Waals surface area contributed by atoms with E-state index in [0.717, 1.165) is 37.6 Å². The summed E-state index contributed by atoms with van der Waals surface area (Å²) < 4.78 is 0. The van der Waals surface area contributed by atoms with Crippen LogP contribution in [0.4, 0.5) is 5.69 Å². The van der Waals surface area contributed by atoms with E-state index in [0.29, 0.717) is 19.0 Å². The van der Waals surface area contributed by atoms with E-state index in [2.05, 4.69) is 35.5 Å². The van der Waals surface area contributed by atoms with E-state index in [9.17, 15) is 4.79 Å². The number of carbonyl (C=O) groups excluding carboxylic acids is 1. The molecule has 0 fully saturated rings. The Morgan fingerprint density at radius 3 is 2.87 bits per heavy atom. The van der Waals surface area contributed by atoms with Crippen LogP contribution in [-0.2, 0) is 11.2 Å². The second-order valence-electron chi connectivity index (χ2n) is 6.09. The highest BCUT2D eigenvalue weighted by molar-refractivity contribution is 5.95. The molecule has 0 bridgehead atoms. The summed E-state index contributed by atoms with van der Waals surface area (Å²) in [6, 6.07) is 8.51. The molecule has 1 heterocycles. The van der Waals surface area contributed by atoms with E-state index in [1.165, 1.54) is 5.56 Å². The van der Waals surface area contributed by atoms with Gasteiger partial charge >= 0.3 is 0 Å². The summed E-state index contributed by atoms with van der Waals surface area (Å²) in [5, 5.41) is 6.49. The molecule has 0 saturated carbocycles. The van der Waals surface area contributed by atoms with Gasteiger partial charge in [0.05, 0.1) is 0 Å². The van der Waals surface area contributed by atoms with Crippen molar-refractivity contribution in [3.8, 4) is 0 Å². The molecule has 0 unspecified atom stereocenters. The number of hydrogen-bond donors (Lipinski definition) is 2. The minimum absolute atomic E-state index is 0.201. The Labute approximate surface area is 139 Å². The lowest BCUT2D eigenvalue weighted by Gasteiger charge is -2.17. The number of benzene rings is 1. The van der Waals surface area contributed by atoms with Crippen LogP contribution in [0.25, 0.3) is 0 Å². The molecule has 0 radical (unpaired) electrons. The van der Waals surface area contributed by atoms with Crippen LogP contribution < -0.4 is 15.5 Å². The van der Waals surface area contributed by atoms with Gasteiger partial charge in [0.25, 0.3) is 0 Å². The third kappa shape index (κ3) is 4.98. The van der Waals surface area contributed by atoms with E-state index in [1.54, 1.807) is 0 Å². The number of para-hydroxylation sites is 1. The number of amides is 1. The number of aliphatic imine (C=N–C) groups is 1. The molecule has 1 amide bonds. The first-order valence-electron chi connectivity index (χ1n) is 8.55. The molecule has 0 saturated heterocycles. The number of carbonyl (C=O) groups is 1. The predicted molar refractivity (Wildman–Crippen MR) is 96.0 cm³/mol. The largest absolute Gasteiger partial charge is 0.357 e.